The molecule has 3 fully saturated rings. The Balaban J connectivity index is 1.52. The van der Waals surface area contributed by atoms with Gasteiger partial charge in [-0.05, 0) is 61.7 Å². The van der Waals surface area contributed by atoms with E-state index < -0.39 is 35.1 Å². The molecule has 0 aromatic carbocycles. The van der Waals surface area contributed by atoms with Crippen LogP contribution in [0.25, 0.3) is 0 Å². The first-order chi connectivity index (χ1) is 21.8. The van der Waals surface area contributed by atoms with E-state index in [0.717, 1.165) is 32.1 Å². The summed E-state index contributed by atoms with van der Waals surface area (Å²) in [6.45, 7) is 9.95. The number of Topliss-reactive ketones (excluding diaryl/α,β-unsaturated/α-hetero) is 4. The van der Waals surface area contributed by atoms with Crippen molar-refractivity contribution in [3.63, 3.8) is 0 Å². The van der Waals surface area contributed by atoms with Crippen molar-refractivity contribution < 1.29 is 28.8 Å². The van der Waals surface area contributed by atoms with Crippen molar-refractivity contribution in [2.45, 2.75) is 124 Å². The van der Waals surface area contributed by atoms with Crippen molar-refractivity contribution in [3.05, 3.63) is 24.3 Å². The number of amides is 2. The Labute approximate surface area is 273 Å². The third-order valence-corrected chi connectivity index (χ3v) is 10.1. The molecule has 252 valence electrons. The first-order valence-electron chi connectivity index (χ1n) is 17.3. The summed E-state index contributed by atoms with van der Waals surface area (Å²) in [4.78, 5) is 90.8. The molecule has 10 nitrogen and oxygen atoms in total. The van der Waals surface area contributed by atoms with Crippen LogP contribution >= 0.6 is 0 Å². The minimum atomic E-state index is -0.923. The van der Waals surface area contributed by atoms with Crippen LogP contribution in [0.2, 0.25) is 0 Å². The molecule has 2 heterocycles. The Kier molecular flexibility index (Phi) is 12.0. The van der Waals surface area contributed by atoms with E-state index in [4.69, 9.17) is 0 Å². The zero-order chi connectivity index (χ0) is 33.6. The molecule has 1 N–H and O–H groups in total. The van der Waals surface area contributed by atoms with Crippen molar-refractivity contribution in [3.8, 4) is 0 Å². The highest BCUT2D eigenvalue weighted by molar-refractivity contribution is 6.38. The Morgan fingerprint density at radius 2 is 1.63 bits per heavy atom. The number of rotatable bonds is 17. The summed E-state index contributed by atoms with van der Waals surface area (Å²) in [5, 5.41) is 2.99. The number of likely N-dealkylation sites (tertiary alicyclic amines) is 1. The highest BCUT2D eigenvalue weighted by Crippen LogP contribution is 2.44. The lowest BCUT2D eigenvalue weighted by Gasteiger charge is -2.37. The first kappa shape index (κ1) is 35.6. The number of nitrogens with zero attached hydrogens (tertiary/aromatic N) is 3. The van der Waals surface area contributed by atoms with E-state index in [9.17, 15) is 28.8 Å². The molecule has 2 unspecified atom stereocenters. The molecule has 0 radical (unpaired) electrons. The summed E-state index contributed by atoms with van der Waals surface area (Å²) in [5.41, 5.74) is -0.487. The number of fused-ring (bicyclic) bond motifs is 1. The predicted molar refractivity (Wildman–Crippen MR) is 172 cm³/mol. The van der Waals surface area contributed by atoms with Crippen LogP contribution in [0.15, 0.2) is 18.6 Å². The zero-order valence-electron chi connectivity index (χ0n) is 28.3. The second kappa shape index (κ2) is 15.5. The third kappa shape index (κ3) is 8.73. The number of carbonyl (C=O) groups excluding carboxylic acids is 6. The standard InChI is InChI=1S/C36H52N4O6/c1-6-9-23(32(44)30(43)17-22-13-14-22)18-29(42)31-26-12-8-11-25(26)21-40(31)35(46)33(36(3,4)5)39-34(45)24(10-7-2)19-28(41)27-20-37-15-16-38-27/h15-16,20,22-26,31,33H,6-14,17-19,21H2,1-5H3,(H,39,45)/t23-,24-,25?,26+,31?,33-/m1/s1. The van der Waals surface area contributed by atoms with Crippen LogP contribution < -0.4 is 5.32 Å². The average Bonchev–Trinajstić information content (AvgIpc) is 3.58. The zero-order valence-corrected chi connectivity index (χ0v) is 28.3. The van der Waals surface area contributed by atoms with E-state index in [1.165, 1.54) is 18.6 Å². The van der Waals surface area contributed by atoms with E-state index in [1.807, 2.05) is 34.6 Å². The highest BCUT2D eigenvalue weighted by atomic mass is 16.2. The molecule has 1 aromatic rings. The lowest BCUT2D eigenvalue weighted by atomic mass is 9.82. The summed E-state index contributed by atoms with van der Waals surface area (Å²) in [7, 11) is 0. The van der Waals surface area contributed by atoms with Crippen LogP contribution in [0.1, 0.15) is 122 Å². The molecule has 2 amide bonds. The summed E-state index contributed by atoms with van der Waals surface area (Å²) in [6, 6.07) is -1.61. The van der Waals surface area contributed by atoms with Crippen LogP contribution in [0, 0.1) is 35.0 Å². The van der Waals surface area contributed by atoms with E-state index >= 15 is 0 Å². The second-order valence-corrected chi connectivity index (χ2v) is 14.9. The molecule has 2 aliphatic carbocycles. The summed E-state index contributed by atoms with van der Waals surface area (Å²) in [5.74, 6) is -2.79. The van der Waals surface area contributed by atoms with Gasteiger partial charge in [-0.3, -0.25) is 33.8 Å². The molecule has 1 aromatic heterocycles. The molecule has 46 heavy (non-hydrogen) atoms. The average molecular weight is 637 g/mol. The van der Waals surface area contributed by atoms with E-state index in [1.54, 1.807) is 4.90 Å². The number of nitrogens with one attached hydrogen (secondary N) is 1. The Hall–Kier alpha value is -3.30. The molecule has 0 spiro atoms. The van der Waals surface area contributed by atoms with Crippen LogP contribution in [0.4, 0.5) is 0 Å². The molecular formula is C36H52N4O6. The van der Waals surface area contributed by atoms with Gasteiger partial charge in [-0.1, -0.05) is 53.9 Å². The minimum Gasteiger partial charge on any atom is -0.344 e. The largest absolute Gasteiger partial charge is 0.344 e. The van der Waals surface area contributed by atoms with E-state index in [-0.39, 0.29) is 66.0 Å². The fraction of sp³-hybridized carbons (Fsp3) is 0.722. The van der Waals surface area contributed by atoms with Crippen molar-refractivity contribution in [2.75, 3.05) is 6.54 Å². The maximum atomic E-state index is 14.4. The quantitative estimate of drug-likeness (QED) is 0.187. The van der Waals surface area contributed by atoms with Crippen LogP contribution in [0.3, 0.4) is 0 Å². The third-order valence-electron chi connectivity index (χ3n) is 10.1. The first-order valence-corrected chi connectivity index (χ1v) is 17.3. The minimum absolute atomic E-state index is 0.00440. The molecule has 3 aliphatic rings. The van der Waals surface area contributed by atoms with Gasteiger partial charge in [0.15, 0.2) is 17.3 Å². The van der Waals surface area contributed by atoms with Crippen molar-refractivity contribution in [1.29, 1.82) is 0 Å². The lowest BCUT2D eigenvalue weighted by molar-refractivity contribution is -0.145. The molecular weight excluding hydrogens is 584 g/mol. The highest BCUT2D eigenvalue weighted by Gasteiger charge is 2.52. The summed E-state index contributed by atoms with van der Waals surface area (Å²) in [6.07, 6.45) is 11.4. The molecule has 4 rings (SSSR count). The summed E-state index contributed by atoms with van der Waals surface area (Å²) < 4.78 is 0. The normalized spacial score (nSPS) is 22.9. The molecule has 1 saturated heterocycles. The monoisotopic (exact) mass is 636 g/mol. The number of carbonyl (C=O) groups is 6. The maximum Gasteiger partial charge on any atom is 0.246 e. The van der Waals surface area contributed by atoms with Gasteiger partial charge < -0.3 is 10.2 Å². The number of hydrogen-bond acceptors (Lipinski definition) is 8. The molecule has 0 bridgehead atoms. The fourth-order valence-corrected chi connectivity index (χ4v) is 7.42. The van der Waals surface area contributed by atoms with Crippen LogP contribution in [-0.4, -0.2) is 68.4 Å². The van der Waals surface area contributed by atoms with Gasteiger partial charge in [-0.25, -0.2) is 4.98 Å². The Morgan fingerprint density at radius 3 is 2.24 bits per heavy atom. The van der Waals surface area contributed by atoms with E-state index in [2.05, 4.69) is 15.3 Å². The van der Waals surface area contributed by atoms with Crippen molar-refractivity contribution >= 4 is 34.9 Å². The van der Waals surface area contributed by atoms with E-state index in [0.29, 0.717) is 38.1 Å². The van der Waals surface area contributed by atoms with Gasteiger partial charge >= 0.3 is 0 Å². The Bertz CT molecular complexity index is 1290. The number of hydrogen-bond donors (Lipinski definition) is 1. The van der Waals surface area contributed by atoms with Crippen molar-refractivity contribution in [1.82, 2.24) is 20.2 Å². The van der Waals surface area contributed by atoms with Crippen molar-refractivity contribution in [2.24, 2.45) is 35.0 Å². The maximum absolute atomic E-state index is 14.4. The topological polar surface area (TPSA) is 143 Å². The lowest BCUT2D eigenvalue weighted by Crippen LogP contribution is -2.58. The smallest absolute Gasteiger partial charge is 0.246 e. The van der Waals surface area contributed by atoms with Gasteiger partial charge in [-0.2, -0.15) is 0 Å². The van der Waals surface area contributed by atoms with Crippen LogP contribution in [0.5, 0.6) is 0 Å². The number of ketones is 4. The summed E-state index contributed by atoms with van der Waals surface area (Å²) >= 11 is 0. The molecule has 2 saturated carbocycles. The molecule has 10 heteroatoms. The van der Waals surface area contributed by atoms with Gasteiger partial charge in [-0.15, -0.1) is 0 Å². The molecule has 1 aliphatic heterocycles. The van der Waals surface area contributed by atoms with Crippen LogP contribution in [-0.2, 0) is 24.0 Å². The van der Waals surface area contributed by atoms with Gasteiger partial charge in [0.25, 0.3) is 0 Å². The van der Waals surface area contributed by atoms with Gasteiger partial charge in [0.05, 0.1) is 12.2 Å². The number of aromatic nitrogens is 2. The van der Waals surface area contributed by atoms with Gasteiger partial charge in [0.1, 0.15) is 11.7 Å². The second-order valence-electron chi connectivity index (χ2n) is 14.9. The predicted octanol–water partition coefficient (Wildman–Crippen LogP) is 4.94. The fourth-order valence-electron chi connectivity index (χ4n) is 7.42. The SMILES string of the molecule is CCC[C@H](CC(=O)c1cnccn1)C(=O)N[C@H](C(=O)N1CC2CCC[C@@H]2C1C(=O)C[C@@H](CCC)C(=O)C(=O)CC1CC1)C(C)(C)C. The van der Waals surface area contributed by atoms with Gasteiger partial charge in [0, 0.05) is 50.0 Å². The molecule has 6 atom stereocenters. The van der Waals surface area contributed by atoms with Gasteiger partial charge in [0.2, 0.25) is 17.6 Å². The Morgan fingerprint density at radius 1 is 0.935 bits per heavy atom.